The lowest BCUT2D eigenvalue weighted by atomic mass is 10.3. The van der Waals surface area contributed by atoms with Gasteiger partial charge in [-0.1, -0.05) is 11.6 Å². The number of hydrogen-bond acceptors (Lipinski definition) is 4. The van der Waals surface area contributed by atoms with E-state index in [0.717, 1.165) is 11.4 Å². The van der Waals surface area contributed by atoms with Crippen molar-refractivity contribution in [3.63, 3.8) is 0 Å². The third-order valence-electron chi connectivity index (χ3n) is 3.40. The Bertz CT molecular complexity index is 845. The van der Waals surface area contributed by atoms with Gasteiger partial charge >= 0.3 is 0 Å². The fourth-order valence-corrected chi connectivity index (χ4v) is 2.59. The predicted molar refractivity (Wildman–Crippen MR) is 87.3 cm³/mol. The van der Waals surface area contributed by atoms with Crippen LogP contribution in [0, 0.1) is 6.92 Å². The average molecular weight is 331 g/mol. The van der Waals surface area contributed by atoms with Crippen molar-refractivity contribution in [1.29, 1.82) is 0 Å². The Morgan fingerprint density at radius 3 is 2.57 bits per heavy atom. The fourth-order valence-electron chi connectivity index (χ4n) is 2.32. The quantitative estimate of drug-likeness (QED) is 0.800. The molecule has 0 unspecified atom stereocenters. The van der Waals surface area contributed by atoms with Crippen LogP contribution in [0.3, 0.4) is 0 Å². The van der Waals surface area contributed by atoms with Crippen molar-refractivity contribution < 1.29 is 4.79 Å². The molecular formula is C15H15ClN6O. The summed E-state index contributed by atoms with van der Waals surface area (Å²) >= 11 is 6.00. The molecule has 0 radical (unpaired) electrons. The molecule has 0 bridgehead atoms. The van der Waals surface area contributed by atoms with E-state index in [-0.39, 0.29) is 5.91 Å². The molecule has 1 amide bonds. The van der Waals surface area contributed by atoms with Crippen molar-refractivity contribution in [1.82, 2.24) is 24.3 Å². The lowest BCUT2D eigenvalue weighted by Gasteiger charge is -2.07. The Morgan fingerprint density at radius 1 is 1.26 bits per heavy atom. The molecule has 3 aromatic rings. The summed E-state index contributed by atoms with van der Waals surface area (Å²) in [6, 6.07) is 3.59. The van der Waals surface area contributed by atoms with Gasteiger partial charge in [-0.2, -0.15) is 5.10 Å². The second kappa shape index (κ2) is 5.85. The first-order chi connectivity index (χ1) is 11.0. The predicted octanol–water partition coefficient (Wildman–Crippen LogP) is 2.43. The average Bonchev–Trinajstić information content (AvgIpc) is 3.01. The van der Waals surface area contributed by atoms with Gasteiger partial charge in [0.2, 0.25) is 0 Å². The molecule has 0 atom stereocenters. The number of halogens is 1. The second-order valence-electron chi connectivity index (χ2n) is 5.16. The molecular weight excluding hydrogens is 316 g/mol. The minimum absolute atomic E-state index is 0.332. The summed E-state index contributed by atoms with van der Waals surface area (Å²) < 4.78 is 3.39. The van der Waals surface area contributed by atoms with E-state index < -0.39 is 0 Å². The van der Waals surface area contributed by atoms with Crippen LogP contribution in [0.5, 0.6) is 0 Å². The SMILES string of the molecule is Cc1cc(-c2cnc(NC(=O)c3c(Cl)ccn3C)cn2)n(C)n1. The molecule has 23 heavy (non-hydrogen) atoms. The number of aryl methyl sites for hydroxylation is 3. The summed E-state index contributed by atoms with van der Waals surface area (Å²) in [4.78, 5) is 20.8. The van der Waals surface area contributed by atoms with Crippen LogP contribution >= 0.6 is 11.6 Å². The van der Waals surface area contributed by atoms with Gasteiger partial charge in [0, 0.05) is 20.3 Å². The second-order valence-corrected chi connectivity index (χ2v) is 5.57. The van der Waals surface area contributed by atoms with Gasteiger partial charge < -0.3 is 9.88 Å². The van der Waals surface area contributed by atoms with Gasteiger partial charge in [-0.3, -0.25) is 9.48 Å². The molecule has 0 aromatic carbocycles. The summed E-state index contributed by atoms with van der Waals surface area (Å²) in [5, 5.41) is 7.35. The number of carbonyl (C=O) groups is 1. The van der Waals surface area contributed by atoms with Crippen LogP contribution in [-0.4, -0.2) is 30.2 Å². The number of rotatable bonds is 3. The van der Waals surface area contributed by atoms with E-state index in [4.69, 9.17) is 11.6 Å². The van der Waals surface area contributed by atoms with Crippen molar-refractivity contribution in [2.24, 2.45) is 14.1 Å². The molecule has 0 aliphatic heterocycles. The van der Waals surface area contributed by atoms with E-state index in [1.54, 1.807) is 34.8 Å². The zero-order chi connectivity index (χ0) is 16.6. The molecule has 0 saturated carbocycles. The summed E-state index contributed by atoms with van der Waals surface area (Å²) in [5.41, 5.74) is 2.82. The number of carbonyl (C=O) groups excluding carboxylic acids is 1. The lowest BCUT2D eigenvalue weighted by Crippen LogP contribution is -2.16. The third-order valence-corrected chi connectivity index (χ3v) is 3.70. The van der Waals surface area contributed by atoms with Crippen molar-refractivity contribution in [2.45, 2.75) is 6.92 Å². The van der Waals surface area contributed by atoms with E-state index in [1.807, 2.05) is 20.0 Å². The number of anilines is 1. The molecule has 8 heteroatoms. The zero-order valence-corrected chi connectivity index (χ0v) is 13.7. The van der Waals surface area contributed by atoms with Crippen LogP contribution in [0.1, 0.15) is 16.2 Å². The molecule has 0 spiro atoms. The number of hydrogen-bond donors (Lipinski definition) is 1. The highest BCUT2D eigenvalue weighted by atomic mass is 35.5. The van der Waals surface area contributed by atoms with E-state index in [0.29, 0.717) is 22.2 Å². The van der Waals surface area contributed by atoms with Crippen molar-refractivity contribution in [2.75, 3.05) is 5.32 Å². The summed E-state index contributed by atoms with van der Waals surface area (Å²) in [6.07, 6.45) is 4.82. The first kappa shape index (κ1) is 15.2. The molecule has 3 heterocycles. The lowest BCUT2D eigenvalue weighted by molar-refractivity contribution is 0.101. The maximum atomic E-state index is 12.2. The monoisotopic (exact) mass is 330 g/mol. The van der Waals surface area contributed by atoms with Gasteiger partial charge in [0.1, 0.15) is 11.4 Å². The summed E-state index contributed by atoms with van der Waals surface area (Å²) in [7, 11) is 3.59. The largest absolute Gasteiger partial charge is 0.345 e. The fraction of sp³-hybridized carbons (Fsp3) is 0.200. The van der Waals surface area contributed by atoms with Crippen molar-refractivity contribution in [3.05, 3.63) is 47.1 Å². The van der Waals surface area contributed by atoms with Crippen LogP contribution in [0.2, 0.25) is 5.02 Å². The zero-order valence-electron chi connectivity index (χ0n) is 12.9. The van der Waals surface area contributed by atoms with Crippen LogP contribution in [0.25, 0.3) is 11.4 Å². The number of aromatic nitrogens is 5. The molecule has 0 aliphatic rings. The van der Waals surface area contributed by atoms with E-state index in [1.165, 1.54) is 6.20 Å². The van der Waals surface area contributed by atoms with Crippen molar-refractivity contribution >= 4 is 23.3 Å². The molecule has 0 aliphatic carbocycles. The van der Waals surface area contributed by atoms with Crippen LogP contribution < -0.4 is 5.32 Å². The highest BCUT2D eigenvalue weighted by Crippen LogP contribution is 2.19. The van der Waals surface area contributed by atoms with Crippen molar-refractivity contribution in [3.8, 4) is 11.4 Å². The van der Waals surface area contributed by atoms with Crippen LogP contribution in [0.15, 0.2) is 30.7 Å². The minimum atomic E-state index is -0.332. The molecule has 1 N–H and O–H groups in total. The first-order valence-electron chi connectivity index (χ1n) is 6.91. The molecule has 118 valence electrons. The Labute approximate surface area is 137 Å². The van der Waals surface area contributed by atoms with Gasteiger partial charge in [-0.25, -0.2) is 9.97 Å². The molecule has 0 fully saturated rings. The van der Waals surface area contributed by atoms with E-state index >= 15 is 0 Å². The van der Waals surface area contributed by atoms with Gasteiger partial charge in [0.25, 0.3) is 5.91 Å². The molecule has 0 saturated heterocycles. The summed E-state index contributed by atoms with van der Waals surface area (Å²) in [5.74, 6) is 0.0239. The van der Waals surface area contributed by atoms with Gasteiger partial charge in [-0.15, -0.1) is 0 Å². The number of nitrogens with one attached hydrogen (secondary N) is 1. The number of nitrogens with zero attached hydrogens (tertiary/aromatic N) is 5. The Morgan fingerprint density at radius 2 is 2.04 bits per heavy atom. The Kier molecular flexibility index (Phi) is 3.87. The van der Waals surface area contributed by atoms with Gasteiger partial charge in [0.15, 0.2) is 5.82 Å². The van der Waals surface area contributed by atoms with E-state index in [2.05, 4.69) is 20.4 Å². The van der Waals surface area contributed by atoms with Gasteiger partial charge in [0.05, 0.1) is 28.8 Å². The standard InChI is InChI=1S/C15H15ClN6O/c1-9-6-12(22(3)20-9)11-7-18-13(8-17-11)19-15(23)14-10(16)4-5-21(14)2/h4-8H,1-3H3,(H,18,19,23). The van der Waals surface area contributed by atoms with Crippen LogP contribution in [0.4, 0.5) is 5.82 Å². The maximum absolute atomic E-state index is 12.2. The first-order valence-corrected chi connectivity index (χ1v) is 7.28. The molecule has 3 aromatic heterocycles. The van der Waals surface area contributed by atoms with Gasteiger partial charge in [-0.05, 0) is 19.1 Å². The topological polar surface area (TPSA) is 77.6 Å². The third kappa shape index (κ3) is 2.95. The Balaban J connectivity index is 1.80. The normalized spacial score (nSPS) is 10.8. The highest BCUT2D eigenvalue weighted by Gasteiger charge is 2.15. The number of amides is 1. The Hall–Kier alpha value is -2.67. The summed E-state index contributed by atoms with van der Waals surface area (Å²) in [6.45, 7) is 1.91. The van der Waals surface area contributed by atoms with E-state index in [9.17, 15) is 4.79 Å². The maximum Gasteiger partial charge on any atom is 0.275 e. The highest BCUT2D eigenvalue weighted by molar-refractivity contribution is 6.34. The molecule has 7 nitrogen and oxygen atoms in total. The molecule has 3 rings (SSSR count). The smallest absolute Gasteiger partial charge is 0.275 e. The van der Waals surface area contributed by atoms with Crippen LogP contribution in [-0.2, 0) is 14.1 Å². The minimum Gasteiger partial charge on any atom is -0.345 e.